The van der Waals surface area contributed by atoms with Crippen molar-refractivity contribution in [3.63, 3.8) is 0 Å². The van der Waals surface area contributed by atoms with Crippen LogP contribution < -0.4 is 14.2 Å². The Hall–Kier alpha value is -2.81. The number of para-hydroxylation sites is 1. The van der Waals surface area contributed by atoms with E-state index in [1.165, 1.54) is 5.56 Å². The molecule has 0 bridgehead atoms. The predicted molar refractivity (Wildman–Crippen MR) is 130 cm³/mol. The second-order valence-electron chi connectivity index (χ2n) is 8.67. The number of benzene rings is 2. The molecule has 2 aromatic carbocycles. The van der Waals surface area contributed by atoms with Crippen molar-refractivity contribution in [3.05, 3.63) is 53.6 Å². The quantitative estimate of drug-likeness (QED) is 0.588. The Morgan fingerprint density at radius 2 is 1.50 bits per heavy atom. The summed E-state index contributed by atoms with van der Waals surface area (Å²) < 4.78 is 22.4. The van der Waals surface area contributed by atoms with Crippen LogP contribution in [-0.2, 0) is 11.3 Å². The summed E-state index contributed by atoms with van der Waals surface area (Å²) in [5, 5.41) is 0. The zero-order valence-corrected chi connectivity index (χ0v) is 20.4. The van der Waals surface area contributed by atoms with Gasteiger partial charge in [-0.15, -0.1) is 0 Å². The Bertz CT molecular complexity index is 939. The van der Waals surface area contributed by atoms with Gasteiger partial charge in [0.1, 0.15) is 22.8 Å². The number of piperazine rings is 1. The maximum Gasteiger partial charge on any atom is 0.261 e. The van der Waals surface area contributed by atoms with Crippen LogP contribution in [-0.4, -0.2) is 100 Å². The zero-order chi connectivity index (χ0) is 23.9. The largest absolute Gasteiger partial charge is 0.496 e. The lowest BCUT2D eigenvalue weighted by atomic mass is 10.1. The molecular formula is C26H35N3O5. The van der Waals surface area contributed by atoms with Crippen molar-refractivity contribution in [3.8, 4) is 17.2 Å². The van der Waals surface area contributed by atoms with Crippen molar-refractivity contribution in [2.75, 3.05) is 73.7 Å². The van der Waals surface area contributed by atoms with Gasteiger partial charge in [0.2, 0.25) is 0 Å². The Morgan fingerprint density at radius 3 is 2.18 bits per heavy atom. The Morgan fingerprint density at radius 1 is 0.853 bits per heavy atom. The molecule has 34 heavy (non-hydrogen) atoms. The molecule has 1 amide bonds. The van der Waals surface area contributed by atoms with Crippen LogP contribution in [0.1, 0.15) is 15.9 Å². The zero-order valence-electron chi connectivity index (χ0n) is 20.4. The van der Waals surface area contributed by atoms with Gasteiger partial charge in [-0.1, -0.05) is 24.3 Å². The van der Waals surface area contributed by atoms with Crippen LogP contribution >= 0.6 is 0 Å². The normalized spacial score (nSPS) is 19.6. The molecule has 2 fully saturated rings. The van der Waals surface area contributed by atoms with E-state index in [-0.39, 0.29) is 12.0 Å². The molecule has 2 heterocycles. The fourth-order valence-corrected chi connectivity index (χ4v) is 4.75. The highest BCUT2D eigenvalue weighted by molar-refractivity contribution is 5.99. The van der Waals surface area contributed by atoms with Gasteiger partial charge in [-0.25, -0.2) is 0 Å². The van der Waals surface area contributed by atoms with E-state index in [0.29, 0.717) is 30.2 Å². The highest BCUT2D eigenvalue weighted by atomic mass is 16.5. The summed E-state index contributed by atoms with van der Waals surface area (Å²) in [7, 11) is 4.87. The summed E-state index contributed by atoms with van der Waals surface area (Å²) in [5.74, 6) is 1.96. The number of amides is 1. The van der Waals surface area contributed by atoms with E-state index in [9.17, 15) is 4.79 Å². The van der Waals surface area contributed by atoms with Gasteiger partial charge in [0, 0.05) is 57.9 Å². The van der Waals surface area contributed by atoms with Crippen molar-refractivity contribution in [1.82, 2.24) is 14.7 Å². The first-order valence-electron chi connectivity index (χ1n) is 11.8. The molecule has 0 aliphatic carbocycles. The van der Waals surface area contributed by atoms with Crippen LogP contribution in [0.25, 0.3) is 0 Å². The van der Waals surface area contributed by atoms with Gasteiger partial charge in [0.25, 0.3) is 5.91 Å². The third kappa shape index (κ3) is 5.63. The molecule has 2 aliphatic heterocycles. The van der Waals surface area contributed by atoms with E-state index in [1.807, 2.05) is 23.1 Å². The first kappa shape index (κ1) is 24.3. The summed E-state index contributed by atoms with van der Waals surface area (Å²) in [6, 6.07) is 13.6. The fraction of sp³-hybridized carbons (Fsp3) is 0.500. The first-order chi connectivity index (χ1) is 16.6. The molecule has 8 heteroatoms. The van der Waals surface area contributed by atoms with Gasteiger partial charge in [-0.05, 0) is 18.2 Å². The smallest absolute Gasteiger partial charge is 0.261 e. The molecular weight excluding hydrogens is 434 g/mol. The average molecular weight is 470 g/mol. The topological polar surface area (TPSA) is 63.7 Å². The van der Waals surface area contributed by atoms with E-state index >= 15 is 0 Å². The Labute approximate surface area is 201 Å². The molecule has 8 nitrogen and oxygen atoms in total. The van der Waals surface area contributed by atoms with Gasteiger partial charge in [-0.2, -0.15) is 0 Å². The second-order valence-corrected chi connectivity index (χ2v) is 8.67. The number of nitrogens with zero attached hydrogens (tertiary/aromatic N) is 3. The summed E-state index contributed by atoms with van der Waals surface area (Å²) >= 11 is 0. The number of rotatable bonds is 8. The van der Waals surface area contributed by atoms with E-state index in [0.717, 1.165) is 51.6 Å². The second kappa shape index (κ2) is 11.6. The van der Waals surface area contributed by atoms with Gasteiger partial charge in [0.15, 0.2) is 0 Å². The molecule has 0 radical (unpaired) electrons. The van der Waals surface area contributed by atoms with Gasteiger partial charge in [0.05, 0.1) is 34.0 Å². The number of hydrogen-bond acceptors (Lipinski definition) is 7. The van der Waals surface area contributed by atoms with E-state index < -0.39 is 0 Å². The van der Waals surface area contributed by atoms with Crippen LogP contribution in [0, 0.1) is 0 Å². The molecule has 4 rings (SSSR count). The summed E-state index contributed by atoms with van der Waals surface area (Å²) in [4.78, 5) is 19.9. The monoisotopic (exact) mass is 469 g/mol. The third-order valence-electron chi connectivity index (χ3n) is 6.57. The SMILES string of the molecule is COc1ccccc1CN1CCO[C@@H](CN2CCN(C(=O)c3c(OC)cccc3OC)CC2)C1. The van der Waals surface area contributed by atoms with E-state index in [4.69, 9.17) is 18.9 Å². The van der Waals surface area contributed by atoms with Crippen LogP contribution in [0.4, 0.5) is 0 Å². The number of morpholine rings is 1. The number of hydrogen-bond donors (Lipinski definition) is 0. The van der Waals surface area contributed by atoms with Crippen molar-refractivity contribution in [2.45, 2.75) is 12.6 Å². The van der Waals surface area contributed by atoms with Crippen molar-refractivity contribution in [1.29, 1.82) is 0 Å². The lowest BCUT2D eigenvalue weighted by Crippen LogP contribution is -2.53. The molecule has 0 aromatic heterocycles. The van der Waals surface area contributed by atoms with Crippen molar-refractivity contribution >= 4 is 5.91 Å². The molecule has 0 spiro atoms. The highest BCUT2D eigenvalue weighted by Gasteiger charge is 2.29. The van der Waals surface area contributed by atoms with Crippen LogP contribution in [0.5, 0.6) is 17.2 Å². The molecule has 2 saturated heterocycles. The number of ether oxygens (including phenoxy) is 4. The first-order valence-corrected chi connectivity index (χ1v) is 11.8. The third-order valence-corrected chi connectivity index (χ3v) is 6.57. The lowest BCUT2D eigenvalue weighted by molar-refractivity contribution is -0.0498. The minimum absolute atomic E-state index is 0.0501. The minimum atomic E-state index is -0.0501. The van der Waals surface area contributed by atoms with Crippen molar-refractivity contribution < 1.29 is 23.7 Å². The van der Waals surface area contributed by atoms with E-state index in [1.54, 1.807) is 33.5 Å². The molecule has 2 aliphatic rings. The van der Waals surface area contributed by atoms with Crippen molar-refractivity contribution in [2.24, 2.45) is 0 Å². The summed E-state index contributed by atoms with van der Waals surface area (Å²) in [6.45, 7) is 7.20. The Balaban J connectivity index is 1.30. The van der Waals surface area contributed by atoms with Crippen LogP contribution in [0.15, 0.2) is 42.5 Å². The van der Waals surface area contributed by atoms with Gasteiger partial charge >= 0.3 is 0 Å². The lowest BCUT2D eigenvalue weighted by Gasteiger charge is -2.39. The minimum Gasteiger partial charge on any atom is -0.496 e. The molecule has 0 N–H and O–H groups in total. The van der Waals surface area contributed by atoms with Gasteiger partial charge in [-0.3, -0.25) is 14.6 Å². The standard InChI is InChI=1S/C26H35N3O5/c1-31-22-8-5-4-7-20(22)17-28-15-16-34-21(19-28)18-27-11-13-29(14-12-27)26(30)25-23(32-2)9-6-10-24(25)33-3/h4-10,21H,11-19H2,1-3H3/t21-/m0/s1. The molecule has 1 atom stereocenters. The molecule has 2 aromatic rings. The summed E-state index contributed by atoms with van der Waals surface area (Å²) in [5.41, 5.74) is 1.69. The van der Waals surface area contributed by atoms with Crippen LogP contribution in [0.3, 0.4) is 0 Å². The molecule has 0 unspecified atom stereocenters. The highest BCUT2D eigenvalue weighted by Crippen LogP contribution is 2.30. The van der Waals surface area contributed by atoms with Crippen LogP contribution in [0.2, 0.25) is 0 Å². The average Bonchev–Trinajstić information content (AvgIpc) is 2.88. The Kier molecular flexibility index (Phi) is 8.26. The van der Waals surface area contributed by atoms with Gasteiger partial charge < -0.3 is 23.8 Å². The fourth-order valence-electron chi connectivity index (χ4n) is 4.75. The molecule has 184 valence electrons. The number of carbonyl (C=O) groups is 1. The number of carbonyl (C=O) groups excluding carboxylic acids is 1. The number of methoxy groups -OCH3 is 3. The molecule has 0 saturated carbocycles. The maximum atomic E-state index is 13.2. The predicted octanol–water partition coefficient (Wildman–Crippen LogP) is 2.37. The summed E-state index contributed by atoms with van der Waals surface area (Å²) in [6.07, 6.45) is 0.153. The maximum absolute atomic E-state index is 13.2. The van der Waals surface area contributed by atoms with E-state index in [2.05, 4.69) is 21.9 Å².